The number of pyridine rings is 1. The highest BCUT2D eigenvalue weighted by atomic mass is 32.2. The van der Waals surface area contributed by atoms with Crippen LogP contribution < -0.4 is 29.3 Å². The van der Waals surface area contributed by atoms with Gasteiger partial charge in [-0.1, -0.05) is 38.1 Å². The van der Waals surface area contributed by atoms with Gasteiger partial charge in [-0.05, 0) is 111 Å². The van der Waals surface area contributed by atoms with Gasteiger partial charge in [-0.25, -0.2) is 13.1 Å². The van der Waals surface area contributed by atoms with Gasteiger partial charge in [0.2, 0.25) is 5.88 Å². The van der Waals surface area contributed by atoms with E-state index in [4.69, 9.17) is 23.9 Å². The fourth-order valence-corrected chi connectivity index (χ4v) is 14.8. The number of likely N-dealkylation sites (tertiary alicyclic amines) is 2. The first kappa shape index (κ1) is 47.7. The summed E-state index contributed by atoms with van der Waals surface area (Å²) in [5.41, 5.74) is 5.75. The van der Waals surface area contributed by atoms with Crippen LogP contribution in [0.3, 0.4) is 0 Å². The number of nitrogens with one attached hydrogen (secondary N) is 3. The lowest BCUT2D eigenvalue weighted by Gasteiger charge is -2.56. The summed E-state index contributed by atoms with van der Waals surface area (Å²) >= 11 is 0. The molecule has 6 atom stereocenters. The number of hydrogen-bond donors (Lipinski definition) is 3. The molecular formula is C55H65N9O9S. The van der Waals surface area contributed by atoms with Crippen molar-refractivity contribution >= 4 is 55.4 Å². The molecule has 8 aliphatic rings. The second-order valence-electron chi connectivity index (χ2n) is 22.5. The third-order valence-corrected chi connectivity index (χ3v) is 19.0. The SMILES string of the molecule is CC(C)c1ccccc1[C@@H]1CCCN1C1CC2(CCN(c3ccc(C(=O)NS(=O)(=O)c4cc5c(c([N+](=O)[O-])c4)N[C@H](CN4C[C@@H]6C[C@H]4CO6)CO5)c(N4C[C@@H]5CCOC[C@@H]5Oc5nc6[nH]ccc6cc54)c3)CC2)C1. The van der Waals surface area contributed by atoms with Crippen molar-refractivity contribution in [3.63, 3.8) is 0 Å². The van der Waals surface area contributed by atoms with Gasteiger partial charge >= 0.3 is 0 Å². The van der Waals surface area contributed by atoms with Gasteiger partial charge in [-0.15, -0.1) is 0 Å². The Hall–Kier alpha value is -5.99. The van der Waals surface area contributed by atoms with Gasteiger partial charge in [0.25, 0.3) is 21.6 Å². The Morgan fingerprint density at radius 1 is 0.973 bits per heavy atom. The summed E-state index contributed by atoms with van der Waals surface area (Å²) in [4.78, 5) is 44.1. The highest BCUT2D eigenvalue weighted by Gasteiger charge is 2.50. The number of ether oxygens (including phenoxy) is 4. The monoisotopic (exact) mass is 1030 g/mol. The molecule has 0 radical (unpaired) electrons. The molecule has 390 valence electrons. The number of H-pyrrole nitrogens is 1. The Bertz CT molecular complexity index is 3120. The maximum Gasteiger partial charge on any atom is 0.297 e. The minimum atomic E-state index is -4.69. The fourth-order valence-electron chi connectivity index (χ4n) is 13.8. The van der Waals surface area contributed by atoms with Gasteiger partial charge in [0.05, 0.1) is 46.4 Å². The van der Waals surface area contributed by atoms with Crippen molar-refractivity contribution in [2.75, 3.05) is 80.8 Å². The van der Waals surface area contributed by atoms with Crippen LogP contribution in [0.15, 0.2) is 77.8 Å². The van der Waals surface area contributed by atoms with Gasteiger partial charge in [-0.3, -0.25) is 24.7 Å². The number of sulfonamides is 1. The number of hydrogen-bond acceptors (Lipinski definition) is 15. The number of aromatic amines is 1. The number of nitrogens with zero attached hydrogens (tertiary/aromatic N) is 6. The molecule has 13 rings (SSSR count). The normalized spacial score (nSPS) is 26.7. The summed E-state index contributed by atoms with van der Waals surface area (Å²) in [7, 11) is -4.69. The van der Waals surface area contributed by atoms with E-state index in [9.17, 15) is 23.3 Å². The van der Waals surface area contributed by atoms with Crippen LogP contribution in [0.2, 0.25) is 0 Å². The van der Waals surface area contributed by atoms with Crippen molar-refractivity contribution in [1.82, 2.24) is 24.5 Å². The third-order valence-electron chi connectivity index (χ3n) is 17.7. The van der Waals surface area contributed by atoms with Crippen molar-refractivity contribution in [1.29, 1.82) is 0 Å². The number of nitro benzene ring substituents is 1. The maximum absolute atomic E-state index is 14.8. The van der Waals surface area contributed by atoms with E-state index in [-0.39, 0.29) is 53.2 Å². The molecule has 19 heteroatoms. The number of piperidine rings is 1. The Kier molecular flexibility index (Phi) is 12.0. The molecule has 1 aliphatic carbocycles. The second-order valence-corrected chi connectivity index (χ2v) is 24.2. The molecule has 3 aromatic carbocycles. The molecule has 1 spiro atoms. The van der Waals surface area contributed by atoms with Crippen LogP contribution in [0.4, 0.5) is 28.4 Å². The van der Waals surface area contributed by atoms with E-state index in [1.54, 1.807) is 6.07 Å². The lowest BCUT2D eigenvalue weighted by atomic mass is 9.59. The van der Waals surface area contributed by atoms with E-state index >= 15 is 0 Å². The molecule has 7 aliphatic heterocycles. The van der Waals surface area contributed by atoms with Crippen LogP contribution >= 0.6 is 0 Å². The van der Waals surface area contributed by atoms with E-state index in [0.29, 0.717) is 86.3 Å². The number of rotatable bonds is 11. The van der Waals surface area contributed by atoms with E-state index in [1.165, 1.54) is 42.9 Å². The minimum Gasteiger partial charge on any atom is -0.489 e. The number of carbonyl (C=O) groups excluding carboxylic acids is 1. The highest BCUT2D eigenvalue weighted by molar-refractivity contribution is 7.90. The van der Waals surface area contributed by atoms with E-state index in [0.717, 1.165) is 62.6 Å². The molecule has 0 unspecified atom stereocenters. The summed E-state index contributed by atoms with van der Waals surface area (Å²) in [6.45, 7) is 11.0. The van der Waals surface area contributed by atoms with Crippen molar-refractivity contribution in [3.05, 3.63) is 99.7 Å². The lowest BCUT2D eigenvalue weighted by molar-refractivity contribution is -0.384. The third kappa shape index (κ3) is 8.61. The zero-order chi connectivity index (χ0) is 50.5. The number of aromatic nitrogens is 2. The molecule has 3 N–H and O–H groups in total. The first-order valence-corrected chi connectivity index (χ1v) is 28.2. The molecule has 6 fully saturated rings. The minimum absolute atomic E-state index is 0.00111. The van der Waals surface area contributed by atoms with Crippen LogP contribution in [-0.2, 0) is 19.5 Å². The number of anilines is 4. The lowest BCUT2D eigenvalue weighted by Crippen LogP contribution is -2.55. The van der Waals surface area contributed by atoms with Gasteiger partial charge < -0.3 is 39.0 Å². The zero-order valence-electron chi connectivity index (χ0n) is 42.0. The number of morpholine rings is 1. The molecule has 1 saturated carbocycles. The standard InChI is InChI=1S/C55H65N9O9S/c1-33(2)42-6-3-4-7-43(42)45-8-5-16-62(45)39-25-55(26-39)13-17-60(18-14-55)37-9-10-44(46(22-37)63-27-35-12-19-70-32-50(35)73-54-48(63)20-34-11-15-56-52(34)58-54)53(65)59-74(68,69)41-23-47(64(66)67)51-49(24-41)72-30-36(57-51)28-61-29-40-21-38(61)31-71-40/h3-4,6-7,9-11,15,20,22-24,33,35-36,38-40,45,50,57H,5,8,12-14,16-19,21,25-32H2,1-2H3,(H,56,58)(H,59,65)/t35-,36+,38-,40-,45-,50-/m0/s1. The summed E-state index contributed by atoms with van der Waals surface area (Å²) < 4.78 is 55.5. The van der Waals surface area contributed by atoms with Crippen LogP contribution in [0.1, 0.15) is 98.7 Å². The largest absolute Gasteiger partial charge is 0.489 e. The zero-order valence-corrected chi connectivity index (χ0v) is 42.9. The Balaban J connectivity index is 0.785. The quantitative estimate of drug-likeness (QED) is 0.0853. The molecule has 5 saturated heterocycles. The van der Waals surface area contributed by atoms with Gasteiger partial charge in [0, 0.05) is 92.8 Å². The first-order valence-electron chi connectivity index (χ1n) is 26.7. The molecule has 5 aromatic rings. The van der Waals surface area contributed by atoms with E-state index < -0.39 is 31.4 Å². The summed E-state index contributed by atoms with van der Waals surface area (Å²) in [5, 5.41) is 16.7. The van der Waals surface area contributed by atoms with Gasteiger partial charge in [-0.2, -0.15) is 4.98 Å². The number of carbonyl (C=O) groups is 1. The predicted molar refractivity (Wildman–Crippen MR) is 279 cm³/mol. The van der Waals surface area contributed by atoms with Crippen LogP contribution in [0, 0.1) is 21.4 Å². The molecule has 9 heterocycles. The smallest absolute Gasteiger partial charge is 0.297 e. The Morgan fingerprint density at radius 2 is 1.82 bits per heavy atom. The Labute approximate surface area is 431 Å². The summed E-state index contributed by atoms with van der Waals surface area (Å²) in [5.74, 6) is 0.0201. The van der Waals surface area contributed by atoms with Crippen LogP contribution in [-0.4, -0.2) is 135 Å². The molecular weight excluding hydrogens is 963 g/mol. The topological polar surface area (TPSA) is 197 Å². The molecule has 74 heavy (non-hydrogen) atoms. The molecule has 2 aromatic heterocycles. The van der Waals surface area contributed by atoms with Crippen LogP contribution in [0.5, 0.6) is 11.6 Å². The molecule has 18 nitrogen and oxygen atoms in total. The number of nitro groups is 1. The molecule has 2 bridgehead atoms. The first-order chi connectivity index (χ1) is 35.8. The number of fused-ring (bicyclic) bond motifs is 6. The number of amides is 1. The average molecular weight is 1030 g/mol. The van der Waals surface area contributed by atoms with Gasteiger partial charge in [0.15, 0.2) is 11.4 Å². The fraction of sp³-hybridized carbons (Fsp3) is 0.527. The summed E-state index contributed by atoms with van der Waals surface area (Å²) in [6.07, 6.45) is 10.3. The average Bonchev–Trinajstić information content (AvgIpc) is 4.23. The van der Waals surface area contributed by atoms with E-state index in [1.807, 2.05) is 30.5 Å². The van der Waals surface area contributed by atoms with E-state index in [2.05, 4.69) is 72.7 Å². The van der Waals surface area contributed by atoms with Crippen molar-refractivity contribution in [3.8, 4) is 11.6 Å². The summed E-state index contributed by atoms with van der Waals surface area (Å²) in [6, 6.07) is 21.9. The highest BCUT2D eigenvalue weighted by Crippen LogP contribution is 2.55. The van der Waals surface area contributed by atoms with Gasteiger partial charge in [0.1, 0.15) is 24.0 Å². The Morgan fingerprint density at radius 3 is 2.62 bits per heavy atom. The molecule has 1 amide bonds. The predicted octanol–water partition coefficient (Wildman–Crippen LogP) is 7.88. The van der Waals surface area contributed by atoms with Crippen molar-refractivity contribution in [2.24, 2.45) is 11.3 Å². The number of benzene rings is 3. The van der Waals surface area contributed by atoms with Crippen molar-refractivity contribution in [2.45, 2.75) is 112 Å². The second kappa shape index (κ2) is 18.7. The van der Waals surface area contributed by atoms with Crippen LogP contribution in [0.25, 0.3) is 11.0 Å². The maximum atomic E-state index is 14.8. The van der Waals surface area contributed by atoms with Crippen molar-refractivity contribution < 1.29 is 37.1 Å².